The fourth-order valence-corrected chi connectivity index (χ4v) is 3.13. The lowest BCUT2D eigenvalue weighted by atomic mass is 10.2. The summed E-state index contributed by atoms with van der Waals surface area (Å²) in [6, 6.07) is 3.56. The predicted octanol–water partition coefficient (Wildman–Crippen LogP) is 1.63. The molecule has 0 saturated carbocycles. The molecule has 0 radical (unpaired) electrons. The molecule has 0 spiro atoms. The third-order valence-corrected chi connectivity index (χ3v) is 4.46. The molecule has 1 fully saturated rings. The van der Waals surface area contributed by atoms with Gasteiger partial charge in [-0.25, -0.2) is 4.98 Å². The van der Waals surface area contributed by atoms with Crippen molar-refractivity contribution in [1.82, 2.24) is 10.3 Å². The minimum Gasteiger partial charge on any atom is -0.345 e. The lowest BCUT2D eigenvalue weighted by Crippen LogP contribution is -2.38. The molecule has 1 aromatic rings. The third-order valence-electron chi connectivity index (χ3n) is 2.51. The maximum absolute atomic E-state index is 11.7. The summed E-state index contributed by atoms with van der Waals surface area (Å²) in [5.74, 6) is 0.990. The second kappa shape index (κ2) is 6.24. The van der Waals surface area contributed by atoms with Crippen LogP contribution in [0.2, 0.25) is 0 Å². The largest absolute Gasteiger partial charge is 0.345 e. The normalized spacial score (nSPS) is 18.9. The van der Waals surface area contributed by atoms with Crippen molar-refractivity contribution >= 4 is 34.5 Å². The Kier molecular flexibility index (Phi) is 4.66. The molecule has 18 heavy (non-hydrogen) atoms. The second-order valence-corrected chi connectivity index (χ2v) is 6.13. The molecule has 6 heteroatoms. The van der Waals surface area contributed by atoms with Gasteiger partial charge < -0.3 is 5.32 Å². The highest BCUT2D eigenvalue weighted by Crippen LogP contribution is 2.20. The lowest BCUT2D eigenvalue weighted by molar-refractivity contribution is -0.122. The van der Waals surface area contributed by atoms with Crippen LogP contribution >= 0.6 is 23.5 Å². The second-order valence-electron chi connectivity index (χ2n) is 4.04. The lowest BCUT2D eigenvalue weighted by Gasteiger charge is -2.09. The summed E-state index contributed by atoms with van der Waals surface area (Å²) in [6.45, 7) is 1.97. The number of nitrogens with zero attached hydrogens (tertiary/aromatic N) is 1. The summed E-state index contributed by atoms with van der Waals surface area (Å²) in [5.41, 5.74) is 1.09. The summed E-state index contributed by atoms with van der Waals surface area (Å²) >= 11 is 2.67. The van der Waals surface area contributed by atoms with E-state index in [0.29, 0.717) is 5.75 Å². The monoisotopic (exact) mass is 282 g/mol. The molecule has 1 unspecified atom stereocenters. The summed E-state index contributed by atoms with van der Waals surface area (Å²) in [6.07, 6.45) is 2.51. The Hall–Kier alpha value is -1.01. The minimum absolute atomic E-state index is 0.0711. The Labute approximate surface area is 114 Å². The average molecular weight is 282 g/mol. The summed E-state index contributed by atoms with van der Waals surface area (Å²) in [5, 5.41) is 3.65. The maximum Gasteiger partial charge on any atom is 0.231 e. The van der Waals surface area contributed by atoms with Crippen molar-refractivity contribution in [3.8, 4) is 0 Å². The summed E-state index contributed by atoms with van der Waals surface area (Å²) in [7, 11) is 0. The molecule has 1 aliphatic heterocycles. The number of hydrogen-bond donors (Lipinski definition) is 1. The van der Waals surface area contributed by atoms with Gasteiger partial charge >= 0.3 is 0 Å². The van der Waals surface area contributed by atoms with Crippen LogP contribution in [0.4, 0.5) is 0 Å². The van der Waals surface area contributed by atoms with Crippen LogP contribution in [-0.2, 0) is 9.59 Å². The summed E-state index contributed by atoms with van der Waals surface area (Å²) in [4.78, 5) is 27.2. The van der Waals surface area contributed by atoms with Crippen LogP contribution in [0, 0.1) is 6.92 Å². The number of nitrogens with one attached hydrogen (secondary N) is 1. The van der Waals surface area contributed by atoms with Crippen molar-refractivity contribution in [3.05, 3.63) is 23.9 Å². The van der Waals surface area contributed by atoms with Crippen molar-refractivity contribution in [1.29, 1.82) is 0 Å². The van der Waals surface area contributed by atoms with E-state index in [2.05, 4.69) is 10.3 Å². The topological polar surface area (TPSA) is 59.1 Å². The van der Waals surface area contributed by atoms with E-state index in [1.165, 1.54) is 23.5 Å². The highest BCUT2D eigenvalue weighted by Gasteiger charge is 2.26. The molecule has 0 aliphatic carbocycles. The van der Waals surface area contributed by atoms with Gasteiger partial charge in [0.05, 0.1) is 16.8 Å². The number of carbonyl (C=O) groups is 2. The Morgan fingerprint density at radius 3 is 3.06 bits per heavy atom. The fourth-order valence-electron chi connectivity index (χ4n) is 1.54. The van der Waals surface area contributed by atoms with E-state index in [1.807, 2.05) is 19.1 Å². The van der Waals surface area contributed by atoms with Crippen molar-refractivity contribution in [3.63, 3.8) is 0 Å². The van der Waals surface area contributed by atoms with E-state index in [0.717, 1.165) is 22.8 Å². The van der Waals surface area contributed by atoms with Gasteiger partial charge in [0, 0.05) is 11.9 Å². The van der Waals surface area contributed by atoms with Gasteiger partial charge in [-0.1, -0.05) is 29.6 Å². The van der Waals surface area contributed by atoms with E-state index in [1.54, 1.807) is 6.20 Å². The first-order valence-electron chi connectivity index (χ1n) is 5.66. The molecule has 1 saturated heterocycles. The first-order chi connectivity index (χ1) is 8.65. The van der Waals surface area contributed by atoms with Crippen LogP contribution in [0.5, 0.6) is 0 Å². The number of pyridine rings is 1. The fraction of sp³-hybridized carbons (Fsp3) is 0.417. The van der Waals surface area contributed by atoms with Gasteiger partial charge in [-0.3, -0.25) is 9.59 Å². The molecule has 1 aromatic heterocycles. The number of aromatic nitrogens is 1. The molecule has 2 heterocycles. The van der Waals surface area contributed by atoms with Gasteiger partial charge in [0.1, 0.15) is 0 Å². The van der Waals surface area contributed by atoms with Crippen LogP contribution in [0.3, 0.4) is 0 Å². The number of aryl methyl sites for hydroxylation is 1. The average Bonchev–Trinajstić information content (AvgIpc) is 2.74. The van der Waals surface area contributed by atoms with E-state index < -0.39 is 0 Å². The molecule has 1 atom stereocenters. The van der Waals surface area contributed by atoms with Gasteiger partial charge in [-0.2, -0.15) is 0 Å². The molecule has 96 valence electrons. The van der Waals surface area contributed by atoms with Crippen LogP contribution in [0.15, 0.2) is 23.4 Å². The zero-order valence-electron chi connectivity index (χ0n) is 10.0. The van der Waals surface area contributed by atoms with E-state index in [9.17, 15) is 9.59 Å². The molecule has 2 rings (SSSR count). The zero-order chi connectivity index (χ0) is 13.0. The highest BCUT2D eigenvalue weighted by atomic mass is 32.2. The number of rotatable bonds is 4. The predicted molar refractivity (Wildman–Crippen MR) is 73.7 cm³/mol. The third kappa shape index (κ3) is 3.74. The number of hydrogen-bond acceptors (Lipinski definition) is 5. The van der Waals surface area contributed by atoms with Gasteiger partial charge in [-0.15, -0.1) is 0 Å². The van der Waals surface area contributed by atoms with Crippen LogP contribution in [-0.4, -0.2) is 33.6 Å². The molecule has 0 bridgehead atoms. The first-order valence-corrected chi connectivity index (χ1v) is 7.64. The number of thioether (sulfide) groups is 2. The minimum atomic E-state index is -0.297. The van der Waals surface area contributed by atoms with Crippen molar-refractivity contribution in [2.45, 2.75) is 24.4 Å². The number of carbonyl (C=O) groups excluding carboxylic acids is 2. The van der Waals surface area contributed by atoms with Crippen molar-refractivity contribution in [2.24, 2.45) is 0 Å². The highest BCUT2D eigenvalue weighted by molar-refractivity contribution is 8.14. The summed E-state index contributed by atoms with van der Waals surface area (Å²) < 4.78 is 0. The van der Waals surface area contributed by atoms with Crippen LogP contribution in [0.1, 0.15) is 12.0 Å². The molecule has 1 amide bonds. The Bertz CT molecular complexity index is 448. The molecular formula is C12H14N2O2S2. The Morgan fingerprint density at radius 1 is 1.61 bits per heavy atom. The molecular weight excluding hydrogens is 268 g/mol. The maximum atomic E-state index is 11.7. The SMILES string of the molecule is Cc1ccc(SCC(=O)NC2CCSC2=O)nc1. The standard InChI is InChI=1S/C12H14N2O2S2/c1-8-2-3-11(13-6-8)18-7-10(15)14-9-4-5-17-12(9)16/h2-3,6,9H,4-5,7H2,1H3,(H,14,15). The van der Waals surface area contributed by atoms with Gasteiger partial charge in [0.15, 0.2) is 0 Å². The van der Waals surface area contributed by atoms with Crippen molar-refractivity contribution in [2.75, 3.05) is 11.5 Å². The van der Waals surface area contributed by atoms with E-state index in [-0.39, 0.29) is 17.1 Å². The first kappa shape index (κ1) is 13.4. The Balaban J connectivity index is 1.78. The molecule has 4 nitrogen and oxygen atoms in total. The molecule has 1 N–H and O–H groups in total. The van der Waals surface area contributed by atoms with Gasteiger partial charge in [0.2, 0.25) is 11.0 Å². The van der Waals surface area contributed by atoms with Crippen LogP contribution < -0.4 is 5.32 Å². The molecule has 0 aromatic carbocycles. The van der Waals surface area contributed by atoms with Crippen LogP contribution in [0.25, 0.3) is 0 Å². The van der Waals surface area contributed by atoms with E-state index >= 15 is 0 Å². The van der Waals surface area contributed by atoms with E-state index in [4.69, 9.17) is 0 Å². The van der Waals surface area contributed by atoms with Gasteiger partial charge in [-0.05, 0) is 25.0 Å². The quantitative estimate of drug-likeness (QED) is 0.851. The number of amides is 1. The molecule has 1 aliphatic rings. The Morgan fingerprint density at radius 2 is 2.44 bits per heavy atom. The van der Waals surface area contributed by atoms with Crippen molar-refractivity contribution < 1.29 is 9.59 Å². The van der Waals surface area contributed by atoms with Gasteiger partial charge in [0.25, 0.3) is 0 Å². The zero-order valence-corrected chi connectivity index (χ0v) is 11.6. The smallest absolute Gasteiger partial charge is 0.231 e.